The third-order valence-electron chi connectivity index (χ3n) is 0.300. The van der Waals surface area contributed by atoms with E-state index in [1.54, 1.807) is 0 Å². The molecule has 0 spiro atoms. The van der Waals surface area contributed by atoms with Crippen molar-refractivity contribution in [1.82, 2.24) is 0 Å². The van der Waals surface area contributed by atoms with Crippen molar-refractivity contribution in [2.24, 2.45) is 0 Å². The summed E-state index contributed by atoms with van der Waals surface area (Å²) in [4.78, 5) is 0. The summed E-state index contributed by atoms with van der Waals surface area (Å²) in [5.41, 5.74) is 0. The predicted octanol–water partition coefficient (Wildman–Crippen LogP) is 0.950. The van der Waals surface area contributed by atoms with E-state index in [0.29, 0.717) is 0 Å². The zero-order chi connectivity index (χ0) is 4.12. The molecule has 0 amide bonds. The molecule has 5 heavy (non-hydrogen) atoms. The van der Waals surface area contributed by atoms with Crippen molar-refractivity contribution in [3.63, 3.8) is 0 Å². The molecule has 0 atom stereocenters. The number of unbranched alkanes of at least 4 members (excludes halogenated alkanes) is 1. The summed E-state index contributed by atoms with van der Waals surface area (Å²) in [6.45, 7) is 3.63. The van der Waals surface area contributed by atoms with Crippen molar-refractivity contribution in [3.8, 4) is 0 Å². The van der Waals surface area contributed by atoms with Gasteiger partial charge in [-0.25, -0.2) is 0 Å². The van der Waals surface area contributed by atoms with Crippen LogP contribution in [0.5, 0.6) is 0 Å². The molecule has 0 unspecified atom stereocenters. The summed E-state index contributed by atoms with van der Waals surface area (Å²) in [5, 5.41) is 0. The quantitative estimate of drug-likeness (QED) is 0.414. The van der Waals surface area contributed by atoms with Crippen LogP contribution in [0.15, 0.2) is 0 Å². The molecular weight excluding hydrogens is 151 g/mol. The number of hydrogen-bond donors (Lipinski definition) is 0. The van der Waals surface area contributed by atoms with Gasteiger partial charge >= 0.3 is 42.2 Å². The van der Waals surface area contributed by atoms with Crippen LogP contribution in [0.3, 0.4) is 0 Å². The average Bonchev–Trinajstić information content (AvgIpc) is 1.41. The first-order chi connectivity index (χ1) is 2.41. The van der Waals surface area contributed by atoms with Crippen molar-refractivity contribution in [2.75, 3.05) is 0 Å². The third kappa shape index (κ3) is 4.49. The van der Waals surface area contributed by atoms with Crippen LogP contribution in [0.25, 0.3) is 0 Å². The van der Waals surface area contributed by atoms with E-state index in [9.17, 15) is 0 Å². The second kappa shape index (κ2) is 4.49. The molecule has 0 bridgehead atoms. The second-order valence-corrected chi connectivity index (χ2v) is 1.45. The van der Waals surface area contributed by atoms with Gasteiger partial charge in [0.1, 0.15) is 0 Å². The molecule has 0 nitrogen and oxygen atoms in total. The van der Waals surface area contributed by atoms with Gasteiger partial charge in [-0.2, -0.15) is 0 Å². The van der Waals surface area contributed by atoms with Crippen LogP contribution >= 0.6 is 0 Å². The Morgan fingerprint density at radius 3 is 2.40 bits per heavy atom. The molecule has 0 aromatic carbocycles. The molecule has 0 N–H and O–H groups in total. The fourth-order valence-corrected chi connectivity index (χ4v) is 0.403. The standard InChI is InChI=1S/C4H7.Rh/c1-3-4-2;/h1H,2-4H2;/q-1;. The molecule has 0 aromatic rings. The summed E-state index contributed by atoms with van der Waals surface area (Å²) in [5.74, 6) is 0. The van der Waals surface area contributed by atoms with Gasteiger partial charge < -0.3 is 0 Å². The Hall–Kier alpha value is 0.493. The molecule has 0 radical (unpaired) electrons. The first-order valence-electron chi connectivity index (χ1n) is 1.60. The van der Waals surface area contributed by atoms with Crippen molar-refractivity contribution in [3.05, 3.63) is 6.92 Å². The molecule has 0 saturated heterocycles. The van der Waals surface area contributed by atoms with Crippen molar-refractivity contribution < 1.29 is 17.9 Å². The predicted molar refractivity (Wildman–Crippen MR) is 20.7 cm³/mol. The van der Waals surface area contributed by atoms with Crippen LogP contribution in [0, 0.1) is 6.92 Å². The van der Waals surface area contributed by atoms with Crippen LogP contribution < -0.4 is 0 Å². The molecule has 0 aliphatic heterocycles. The van der Waals surface area contributed by atoms with Crippen LogP contribution in [0.2, 0.25) is 0 Å². The summed E-state index contributed by atoms with van der Waals surface area (Å²) >= 11 is 2.69. The fourth-order valence-electron chi connectivity index (χ4n) is 0.0680. The molecule has 0 heterocycles. The van der Waals surface area contributed by atoms with E-state index in [1.807, 2.05) is 4.61 Å². The maximum absolute atomic E-state index is 3.63. The Labute approximate surface area is 42.8 Å². The van der Waals surface area contributed by atoms with Crippen molar-refractivity contribution >= 4 is 4.61 Å². The van der Waals surface area contributed by atoms with E-state index in [2.05, 4.69) is 24.8 Å². The van der Waals surface area contributed by atoms with E-state index in [1.165, 1.54) is 0 Å². The van der Waals surface area contributed by atoms with Gasteiger partial charge in [-0.15, -0.1) is 0 Å². The van der Waals surface area contributed by atoms with E-state index in [4.69, 9.17) is 0 Å². The SMILES string of the molecule is [CH2-]CC[CH]=[Rh]. The summed E-state index contributed by atoms with van der Waals surface area (Å²) in [7, 11) is 0. The minimum atomic E-state index is 1.01. The van der Waals surface area contributed by atoms with Crippen molar-refractivity contribution in [1.29, 1.82) is 0 Å². The maximum atomic E-state index is 3.63. The van der Waals surface area contributed by atoms with E-state index < -0.39 is 0 Å². The molecule has 1 heteroatoms. The first kappa shape index (κ1) is 5.49. The van der Waals surface area contributed by atoms with Gasteiger partial charge in [-0.1, -0.05) is 0 Å². The van der Waals surface area contributed by atoms with Gasteiger partial charge in [-0.05, 0) is 0 Å². The molecule has 0 fully saturated rings. The van der Waals surface area contributed by atoms with Gasteiger partial charge in [0.05, 0.1) is 0 Å². The zero-order valence-corrected chi connectivity index (χ0v) is 4.67. The number of hydrogen-bond acceptors (Lipinski definition) is 0. The van der Waals surface area contributed by atoms with Crippen LogP contribution in [0.4, 0.5) is 0 Å². The van der Waals surface area contributed by atoms with E-state index in [-0.39, 0.29) is 0 Å². The van der Waals surface area contributed by atoms with Gasteiger partial charge in [-0.3, -0.25) is 0 Å². The van der Waals surface area contributed by atoms with Gasteiger partial charge in [0.25, 0.3) is 0 Å². The Kier molecular flexibility index (Phi) is 4.94. The van der Waals surface area contributed by atoms with Crippen LogP contribution in [0.1, 0.15) is 12.8 Å². The summed E-state index contributed by atoms with van der Waals surface area (Å²) in [6.07, 6.45) is 2.11. The monoisotopic (exact) mass is 158 g/mol. The molecule has 0 saturated carbocycles. The fraction of sp³-hybridized carbons (Fsp3) is 0.500. The second-order valence-electron chi connectivity index (χ2n) is 0.778. The van der Waals surface area contributed by atoms with E-state index in [0.717, 1.165) is 12.8 Å². The Balaban J connectivity index is 2.40. The molecule has 0 aliphatic carbocycles. The minimum absolute atomic E-state index is 1.01. The Bertz CT molecular complexity index is 24.8. The molecule has 0 aromatic heterocycles. The van der Waals surface area contributed by atoms with Crippen molar-refractivity contribution in [2.45, 2.75) is 12.8 Å². The molecule has 0 aliphatic rings. The zero-order valence-electron chi connectivity index (χ0n) is 3.03. The van der Waals surface area contributed by atoms with E-state index >= 15 is 0 Å². The molecule has 0 rings (SSSR count). The van der Waals surface area contributed by atoms with Crippen LogP contribution in [-0.2, 0) is 17.9 Å². The van der Waals surface area contributed by atoms with Gasteiger partial charge in [0.2, 0.25) is 0 Å². The van der Waals surface area contributed by atoms with Gasteiger partial charge in [0, 0.05) is 0 Å². The average molecular weight is 158 g/mol. The topological polar surface area (TPSA) is 0 Å². The Morgan fingerprint density at radius 1 is 1.80 bits per heavy atom. The van der Waals surface area contributed by atoms with Gasteiger partial charge in [0.15, 0.2) is 0 Å². The summed E-state index contributed by atoms with van der Waals surface area (Å²) < 4.78 is 2.01. The summed E-state index contributed by atoms with van der Waals surface area (Å²) in [6, 6.07) is 0. The Morgan fingerprint density at radius 2 is 2.40 bits per heavy atom. The first-order valence-corrected chi connectivity index (χ1v) is 2.55. The number of rotatable bonds is 2. The molecular formula is C4H7Rh-. The van der Waals surface area contributed by atoms with Crippen LogP contribution in [-0.4, -0.2) is 4.61 Å². The third-order valence-corrected chi connectivity index (χ3v) is 0.773. The molecule has 33 valence electrons. The normalized spacial score (nSPS) is 7.60.